The predicted molar refractivity (Wildman–Crippen MR) is 108 cm³/mol. The van der Waals surface area contributed by atoms with Gasteiger partial charge in [0.15, 0.2) is 0 Å². The van der Waals surface area contributed by atoms with Crippen molar-refractivity contribution in [2.24, 2.45) is 0 Å². The predicted octanol–water partition coefficient (Wildman–Crippen LogP) is 2.47. The van der Waals surface area contributed by atoms with E-state index >= 15 is 0 Å². The molecule has 1 aliphatic rings. The van der Waals surface area contributed by atoms with Crippen LogP contribution in [0.3, 0.4) is 0 Å². The molecule has 0 unspecified atom stereocenters. The number of furan rings is 1. The number of H-pyrrole nitrogens is 1. The molecule has 0 amide bonds. The number of nitrogens with one attached hydrogen (secondary N) is 1. The summed E-state index contributed by atoms with van der Waals surface area (Å²) in [5, 5.41) is 10.9. The van der Waals surface area contributed by atoms with Crippen molar-refractivity contribution in [3.63, 3.8) is 0 Å². The Balaban J connectivity index is 1.60. The van der Waals surface area contributed by atoms with Crippen molar-refractivity contribution >= 4 is 21.6 Å². The minimum absolute atomic E-state index is 0.0604. The lowest BCUT2D eigenvalue weighted by Gasteiger charge is -2.23. The van der Waals surface area contributed by atoms with Crippen LogP contribution in [0.2, 0.25) is 0 Å². The van der Waals surface area contributed by atoms with E-state index in [4.69, 9.17) is 14.1 Å². The fourth-order valence-electron chi connectivity index (χ4n) is 3.85. The first-order valence-electron chi connectivity index (χ1n) is 9.59. The number of fused-ring (bicyclic) bond motifs is 3. The molecule has 0 bridgehead atoms. The number of thiophene rings is 1. The molecule has 4 rings (SSSR count). The van der Waals surface area contributed by atoms with Gasteiger partial charge in [-0.2, -0.15) is 0 Å². The number of rotatable bonds is 8. The van der Waals surface area contributed by atoms with Gasteiger partial charge in [-0.3, -0.25) is 9.69 Å². The first-order chi connectivity index (χ1) is 13.6. The highest BCUT2D eigenvalue weighted by atomic mass is 32.1. The lowest BCUT2D eigenvalue weighted by atomic mass is 9.97. The highest BCUT2D eigenvalue weighted by molar-refractivity contribution is 7.18. The van der Waals surface area contributed by atoms with Gasteiger partial charge in [-0.05, 0) is 43.4 Å². The van der Waals surface area contributed by atoms with Crippen LogP contribution < -0.4 is 5.56 Å². The lowest BCUT2D eigenvalue weighted by molar-refractivity contribution is 0.0317. The maximum atomic E-state index is 12.8. The topological polar surface area (TPSA) is 91.6 Å². The van der Waals surface area contributed by atoms with E-state index in [1.807, 2.05) is 17.0 Å². The van der Waals surface area contributed by atoms with Crippen LogP contribution in [0.5, 0.6) is 0 Å². The van der Waals surface area contributed by atoms with Crippen molar-refractivity contribution < 1.29 is 14.3 Å². The van der Waals surface area contributed by atoms with Gasteiger partial charge in [-0.15, -0.1) is 11.3 Å². The number of aryl methyl sites for hydroxylation is 2. The summed E-state index contributed by atoms with van der Waals surface area (Å²) in [4.78, 5) is 24.6. The summed E-state index contributed by atoms with van der Waals surface area (Å²) in [6, 6.07) is 3.73. The highest BCUT2D eigenvalue weighted by Crippen LogP contribution is 2.33. The van der Waals surface area contributed by atoms with Crippen LogP contribution in [-0.2, 0) is 30.7 Å². The number of nitrogens with zero attached hydrogens (tertiary/aromatic N) is 2. The molecule has 0 aliphatic heterocycles. The molecule has 28 heavy (non-hydrogen) atoms. The molecule has 3 aromatic heterocycles. The third kappa shape index (κ3) is 4.20. The molecule has 3 aromatic rings. The second-order valence-electron chi connectivity index (χ2n) is 7.26. The van der Waals surface area contributed by atoms with Crippen LogP contribution >= 0.6 is 11.3 Å². The highest BCUT2D eigenvalue weighted by Gasteiger charge is 2.21. The Hall–Kier alpha value is -2.00. The van der Waals surface area contributed by atoms with Gasteiger partial charge in [0.25, 0.3) is 5.56 Å². The molecule has 0 spiro atoms. The Morgan fingerprint density at radius 2 is 2.25 bits per heavy atom. The summed E-state index contributed by atoms with van der Waals surface area (Å²) in [6.45, 7) is 1.55. The number of ether oxygens (including phenoxy) is 1. The molecule has 8 heteroatoms. The molecule has 0 radical (unpaired) electrons. The first-order valence-corrected chi connectivity index (χ1v) is 10.4. The van der Waals surface area contributed by atoms with Gasteiger partial charge >= 0.3 is 0 Å². The number of aliphatic hydroxyl groups is 1. The molecule has 0 saturated heterocycles. The molecule has 7 nitrogen and oxygen atoms in total. The fraction of sp³-hybridized carbons (Fsp3) is 0.500. The van der Waals surface area contributed by atoms with Crippen LogP contribution in [0, 0.1) is 0 Å². The van der Waals surface area contributed by atoms with Crippen molar-refractivity contribution in [3.05, 3.63) is 50.8 Å². The van der Waals surface area contributed by atoms with E-state index in [2.05, 4.69) is 4.98 Å². The van der Waals surface area contributed by atoms with Crippen LogP contribution in [0.25, 0.3) is 10.2 Å². The number of aromatic amines is 1. The zero-order chi connectivity index (χ0) is 19.5. The summed E-state index contributed by atoms with van der Waals surface area (Å²) >= 11 is 1.65. The zero-order valence-electron chi connectivity index (χ0n) is 15.9. The lowest BCUT2D eigenvalue weighted by Crippen LogP contribution is -2.35. The van der Waals surface area contributed by atoms with E-state index in [0.717, 1.165) is 35.2 Å². The molecule has 1 aliphatic carbocycles. The van der Waals surface area contributed by atoms with E-state index in [-0.39, 0.29) is 12.2 Å². The molecule has 0 aromatic carbocycles. The smallest absolute Gasteiger partial charge is 0.259 e. The van der Waals surface area contributed by atoms with Crippen molar-refractivity contribution in [1.29, 1.82) is 0 Å². The Morgan fingerprint density at radius 3 is 3.04 bits per heavy atom. The van der Waals surface area contributed by atoms with Crippen LogP contribution in [-0.4, -0.2) is 46.3 Å². The largest absolute Gasteiger partial charge is 0.468 e. The molecule has 1 atom stereocenters. The minimum Gasteiger partial charge on any atom is -0.468 e. The van der Waals surface area contributed by atoms with E-state index in [1.54, 1.807) is 24.7 Å². The number of aliphatic hydroxyl groups excluding tert-OH is 1. The van der Waals surface area contributed by atoms with Gasteiger partial charge in [0, 0.05) is 18.5 Å². The molecular weight excluding hydrogens is 378 g/mol. The monoisotopic (exact) mass is 403 g/mol. The van der Waals surface area contributed by atoms with Crippen molar-refractivity contribution in [1.82, 2.24) is 14.9 Å². The van der Waals surface area contributed by atoms with Gasteiger partial charge < -0.3 is 19.2 Å². The van der Waals surface area contributed by atoms with Gasteiger partial charge in [0.2, 0.25) is 0 Å². The van der Waals surface area contributed by atoms with E-state index in [9.17, 15) is 9.90 Å². The molecular formula is C20H25N3O4S. The quantitative estimate of drug-likeness (QED) is 0.600. The van der Waals surface area contributed by atoms with Crippen LogP contribution in [0.4, 0.5) is 0 Å². The minimum atomic E-state index is -0.635. The standard InChI is InChI=1S/C20H25N3O4S/c1-26-12-13(24)9-23(10-14-5-4-8-27-14)11-17-21-19(25)18-15-6-2-3-7-16(15)28-20(18)22-17/h4-5,8,13,24H,2-3,6-7,9-12H2,1H3,(H,21,22,25)/t13-/m1/s1. The Morgan fingerprint density at radius 1 is 1.39 bits per heavy atom. The normalized spacial score (nSPS) is 15.2. The molecule has 0 fully saturated rings. The summed E-state index contributed by atoms with van der Waals surface area (Å²) in [5.41, 5.74) is 1.13. The number of methoxy groups -OCH3 is 1. The SMILES string of the molecule is COC[C@H](O)CN(Cc1nc2sc3c(c2c(=O)[nH]1)CCCC3)Cc1ccco1. The number of aromatic nitrogens is 2. The summed E-state index contributed by atoms with van der Waals surface area (Å²) in [6.07, 6.45) is 5.31. The van der Waals surface area contributed by atoms with E-state index in [0.29, 0.717) is 25.5 Å². The molecule has 150 valence electrons. The molecule has 3 heterocycles. The van der Waals surface area contributed by atoms with Crippen LogP contribution in [0.15, 0.2) is 27.6 Å². The average Bonchev–Trinajstić information content (AvgIpc) is 3.28. The molecule has 0 saturated carbocycles. The maximum Gasteiger partial charge on any atom is 0.259 e. The summed E-state index contributed by atoms with van der Waals surface area (Å²) in [5.74, 6) is 1.40. The van der Waals surface area contributed by atoms with E-state index in [1.165, 1.54) is 16.9 Å². The van der Waals surface area contributed by atoms with Crippen molar-refractivity contribution in [2.45, 2.75) is 44.9 Å². The van der Waals surface area contributed by atoms with Crippen molar-refractivity contribution in [2.75, 3.05) is 20.3 Å². The zero-order valence-corrected chi connectivity index (χ0v) is 16.8. The third-order valence-electron chi connectivity index (χ3n) is 5.04. The van der Waals surface area contributed by atoms with E-state index < -0.39 is 6.10 Å². The van der Waals surface area contributed by atoms with Gasteiger partial charge in [0.05, 0.1) is 37.4 Å². The first kappa shape index (κ1) is 19.3. The van der Waals surface area contributed by atoms with Gasteiger partial charge in [0.1, 0.15) is 16.4 Å². The Kier molecular flexibility index (Phi) is 5.91. The third-order valence-corrected chi connectivity index (χ3v) is 6.22. The Labute approximate surface area is 167 Å². The summed E-state index contributed by atoms with van der Waals surface area (Å²) < 4.78 is 10.5. The Bertz CT molecular complexity index is 979. The van der Waals surface area contributed by atoms with Crippen molar-refractivity contribution in [3.8, 4) is 0 Å². The number of hydrogen-bond acceptors (Lipinski definition) is 7. The van der Waals surface area contributed by atoms with Crippen LogP contribution in [0.1, 0.15) is 34.9 Å². The number of hydrogen-bond donors (Lipinski definition) is 2. The second-order valence-corrected chi connectivity index (χ2v) is 8.35. The van der Waals surface area contributed by atoms with Gasteiger partial charge in [-0.25, -0.2) is 4.98 Å². The summed E-state index contributed by atoms with van der Waals surface area (Å²) in [7, 11) is 1.56. The second kappa shape index (κ2) is 8.57. The maximum absolute atomic E-state index is 12.8. The fourth-order valence-corrected chi connectivity index (χ4v) is 5.13. The van der Waals surface area contributed by atoms with Gasteiger partial charge in [-0.1, -0.05) is 0 Å². The average molecular weight is 404 g/mol. The molecule has 2 N–H and O–H groups in total.